The molecule has 1 aliphatic rings. The van der Waals surface area contributed by atoms with E-state index in [0.717, 1.165) is 23.5 Å². The summed E-state index contributed by atoms with van der Waals surface area (Å²) >= 11 is 1.80. The predicted octanol–water partition coefficient (Wildman–Crippen LogP) is 3.05. The third-order valence-corrected chi connectivity index (χ3v) is 5.18. The molecule has 1 fully saturated rings. The van der Waals surface area contributed by atoms with Gasteiger partial charge in [0.2, 0.25) is 0 Å². The third kappa shape index (κ3) is 3.00. The van der Waals surface area contributed by atoms with Crippen molar-refractivity contribution in [1.29, 1.82) is 0 Å². The molecule has 0 aromatic heterocycles. The molecule has 3 nitrogen and oxygen atoms in total. The van der Waals surface area contributed by atoms with Crippen LogP contribution in [0.5, 0.6) is 11.5 Å². The molecule has 1 N–H and O–H groups in total. The Kier molecular flexibility index (Phi) is 4.02. The van der Waals surface area contributed by atoms with E-state index in [1.54, 1.807) is 26.0 Å². The largest absolute Gasteiger partial charge is 0.497 e. The lowest BCUT2D eigenvalue weighted by Gasteiger charge is -2.41. The molecule has 1 aromatic carbocycles. The Bertz CT molecular complexity index is 459. The average molecular weight is 282 g/mol. The molecule has 1 aromatic rings. The molecule has 4 heteroatoms. The topological polar surface area (TPSA) is 38.7 Å². The van der Waals surface area contributed by atoms with Crippen LogP contribution >= 0.6 is 11.8 Å². The molecule has 0 aliphatic carbocycles. The summed E-state index contributed by atoms with van der Waals surface area (Å²) < 4.78 is 10.6. The summed E-state index contributed by atoms with van der Waals surface area (Å²) in [4.78, 5) is 0. The van der Waals surface area contributed by atoms with Gasteiger partial charge in [0.1, 0.15) is 17.1 Å². The minimum atomic E-state index is -0.829. The summed E-state index contributed by atoms with van der Waals surface area (Å²) in [7, 11) is 3.26. The fourth-order valence-electron chi connectivity index (χ4n) is 2.75. The number of benzene rings is 1. The van der Waals surface area contributed by atoms with Gasteiger partial charge in [0, 0.05) is 17.4 Å². The van der Waals surface area contributed by atoms with E-state index in [-0.39, 0.29) is 5.41 Å². The highest BCUT2D eigenvalue weighted by Gasteiger charge is 2.41. The molecule has 1 atom stereocenters. The second-order valence-electron chi connectivity index (χ2n) is 5.93. The Balaban J connectivity index is 2.39. The number of rotatable bonds is 3. The summed E-state index contributed by atoms with van der Waals surface area (Å²) in [5.41, 5.74) is 0.156. The SMILES string of the molecule is COc1ccc(C2(O)CSCC(C)(C)C2)c(OC)c1. The minimum absolute atomic E-state index is 0.128. The van der Waals surface area contributed by atoms with Crippen LogP contribution in [0.2, 0.25) is 0 Å². The molecule has 106 valence electrons. The van der Waals surface area contributed by atoms with Crippen molar-refractivity contribution in [3.63, 3.8) is 0 Å². The zero-order chi connectivity index (χ0) is 14.1. The van der Waals surface area contributed by atoms with Gasteiger partial charge in [0.15, 0.2) is 0 Å². The van der Waals surface area contributed by atoms with E-state index in [4.69, 9.17) is 9.47 Å². The zero-order valence-electron chi connectivity index (χ0n) is 12.0. The van der Waals surface area contributed by atoms with Crippen molar-refractivity contribution in [2.24, 2.45) is 5.41 Å². The number of aliphatic hydroxyl groups is 1. The van der Waals surface area contributed by atoms with Crippen LogP contribution in [0.3, 0.4) is 0 Å². The standard InChI is InChI=1S/C15H22O3S/c1-14(2)8-15(16,10-19-9-14)12-6-5-11(17-3)7-13(12)18-4/h5-7,16H,8-10H2,1-4H3. The first-order valence-corrected chi connectivity index (χ1v) is 7.58. The highest BCUT2D eigenvalue weighted by Crippen LogP contribution is 2.47. The Morgan fingerprint density at radius 3 is 2.47 bits per heavy atom. The number of hydrogen-bond acceptors (Lipinski definition) is 4. The molecule has 1 saturated heterocycles. The van der Waals surface area contributed by atoms with Crippen molar-refractivity contribution in [2.45, 2.75) is 25.9 Å². The smallest absolute Gasteiger partial charge is 0.128 e. The Labute approximate surface area is 119 Å². The predicted molar refractivity (Wildman–Crippen MR) is 79.2 cm³/mol. The van der Waals surface area contributed by atoms with Crippen molar-refractivity contribution in [3.05, 3.63) is 23.8 Å². The molecule has 0 saturated carbocycles. The third-order valence-electron chi connectivity index (χ3n) is 3.51. The Morgan fingerprint density at radius 1 is 1.16 bits per heavy atom. The van der Waals surface area contributed by atoms with Crippen molar-refractivity contribution < 1.29 is 14.6 Å². The zero-order valence-corrected chi connectivity index (χ0v) is 12.8. The van der Waals surface area contributed by atoms with E-state index < -0.39 is 5.60 Å². The van der Waals surface area contributed by atoms with Crippen molar-refractivity contribution in [3.8, 4) is 11.5 Å². The van der Waals surface area contributed by atoms with Crippen molar-refractivity contribution >= 4 is 11.8 Å². The van der Waals surface area contributed by atoms with Gasteiger partial charge in [-0.05, 0) is 29.7 Å². The van der Waals surface area contributed by atoms with Crippen LogP contribution < -0.4 is 9.47 Å². The second-order valence-corrected chi connectivity index (χ2v) is 6.92. The highest BCUT2D eigenvalue weighted by molar-refractivity contribution is 7.99. The molecular formula is C15H22O3S. The first-order valence-electron chi connectivity index (χ1n) is 6.43. The molecular weight excluding hydrogens is 260 g/mol. The molecule has 0 spiro atoms. The first kappa shape index (κ1) is 14.5. The lowest BCUT2D eigenvalue weighted by atomic mass is 9.78. The molecule has 1 heterocycles. The monoisotopic (exact) mass is 282 g/mol. The van der Waals surface area contributed by atoms with Crippen LogP contribution in [0.4, 0.5) is 0 Å². The van der Waals surface area contributed by atoms with Crippen LogP contribution in [0.25, 0.3) is 0 Å². The summed E-state index contributed by atoms with van der Waals surface area (Å²) in [6.07, 6.45) is 0.746. The second kappa shape index (κ2) is 5.25. The maximum absolute atomic E-state index is 11.0. The summed E-state index contributed by atoms with van der Waals surface area (Å²) in [5.74, 6) is 3.22. The van der Waals surface area contributed by atoms with Gasteiger partial charge < -0.3 is 14.6 Å². The molecule has 2 rings (SSSR count). The Morgan fingerprint density at radius 2 is 1.89 bits per heavy atom. The molecule has 0 bridgehead atoms. The van der Waals surface area contributed by atoms with Gasteiger partial charge in [0.05, 0.1) is 14.2 Å². The van der Waals surface area contributed by atoms with Crippen LogP contribution in [0.1, 0.15) is 25.8 Å². The lowest BCUT2D eigenvalue weighted by Crippen LogP contribution is -2.40. The normalized spacial score (nSPS) is 25.9. The van der Waals surface area contributed by atoms with E-state index in [2.05, 4.69) is 13.8 Å². The summed E-state index contributed by atoms with van der Waals surface area (Å²) in [6, 6.07) is 5.63. The molecule has 19 heavy (non-hydrogen) atoms. The summed E-state index contributed by atoms with van der Waals surface area (Å²) in [6.45, 7) is 4.39. The fraction of sp³-hybridized carbons (Fsp3) is 0.600. The fourth-order valence-corrected chi connectivity index (χ4v) is 4.10. The molecule has 1 unspecified atom stereocenters. The van der Waals surface area contributed by atoms with Gasteiger partial charge >= 0.3 is 0 Å². The van der Waals surface area contributed by atoms with Crippen LogP contribution in [0.15, 0.2) is 18.2 Å². The van der Waals surface area contributed by atoms with E-state index >= 15 is 0 Å². The van der Waals surface area contributed by atoms with Crippen molar-refractivity contribution in [2.75, 3.05) is 25.7 Å². The number of methoxy groups -OCH3 is 2. The lowest BCUT2D eigenvalue weighted by molar-refractivity contribution is 0.0136. The van der Waals surface area contributed by atoms with Gasteiger partial charge in [-0.3, -0.25) is 0 Å². The average Bonchev–Trinajstić information content (AvgIpc) is 2.36. The van der Waals surface area contributed by atoms with E-state index in [1.807, 2.05) is 18.2 Å². The van der Waals surface area contributed by atoms with E-state index in [9.17, 15) is 5.11 Å². The number of hydrogen-bond donors (Lipinski definition) is 1. The van der Waals surface area contributed by atoms with Crippen LogP contribution in [-0.4, -0.2) is 30.8 Å². The van der Waals surface area contributed by atoms with Gasteiger partial charge in [-0.25, -0.2) is 0 Å². The van der Waals surface area contributed by atoms with Crippen molar-refractivity contribution in [1.82, 2.24) is 0 Å². The van der Waals surface area contributed by atoms with Gasteiger partial charge in [-0.15, -0.1) is 0 Å². The maximum Gasteiger partial charge on any atom is 0.128 e. The first-order chi connectivity index (χ1) is 8.90. The van der Waals surface area contributed by atoms with Crippen LogP contribution in [-0.2, 0) is 5.60 Å². The molecule has 0 radical (unpaired) electrons. The molecule has 0 amide bonds. The number of ether oxygens (including phenoxy) is 2. The van der Waals surface area contributed by atoms with E-state index in [0.29, 0.717) is 11.5 Å². The van der Waals surface area contributed by atoms with E-state index in [1.165, 1.54) is 0 Å². The maximum atomic E-state index is 11.0. The number of thioether (sulfide) groups is 1. The molecule has 1 aliphatic heterocycles. The van der Waals surface area contributed by atoms with Gasteiger partial charge in [0.25, 0.3) is 0 Å². The van der Waals surface area contributed by atoms with Gasteiger partial charge in [-0.1, -0.05) is 13.8 Å². The van der Waals surface area contributed by atoms with Crippen LogP contribution in [0, 0.1) is 5.41 Å². The quantitative estimate of drug-likeness (QED) is 0.925. The van der Waals surface area contributed by atoms with Gasteiger partial charge in [-0.2, -0.15) is 11.8 Å². The minimum Gasteiger partial charge on any atom is -0.497 e. The highest BCUT2D eigenvalue weighted by atomic mass is 32.2. The Hall–Kier alpha value is -0.870. The summed E-state index contributed by atoms with van der Waals surface area (Å²) in [5, 5.41) is 11.0.